The molecule has 1 aliphatic heterocycles. The molecular formula is C12H22F3NO2. The first-order chi connectivity index (χ1) is 8.47. The quantitative estimate of drug-likeness (QED) is 0.720. The average molecular weight is 269 g/mol. The SMILES string of the molecule is CCNCC1(CCOCC(F)(F)F)CCOCC1. The van der Waals surface area contributed by atoms with Crippen molar-refractivity contribution in [2.24, 2.45) is 5.41 Å². The van der Waals surface area contributed by atoms with Crippen molar-refractivity contribution in [1.29, 1.82) is 0 Å². The second-order valence-electron chi connectivity index (χ2n) is 4.81. The molecule has 0 saturated carbocycles. The molecule has 1 heterocycles. The number of hydrogen-bond acceptors (Lipinski definition) is 3. The van der Waals surface area contributed by atoms with Crippen LogP contribution in [0.5, 0.6) is 0 Å². The highest BCUT2D eigenvalue weighted by atomic mass is 19.4. The standard InChI is InChI=1S/C12H22F3NO2/c1-2-16-9-11(3-6-17-7-4-11)5-8-18-10-12(13,14)15/h16H,2-10H2,1H3. The predicted molar refractivity (Wildman–Crippen MR) is 62.5 cm³/mol. The topological polar surface area (TPSA) is 30.5 Å². The fraction of sp³-hybridized carbons (Fsp3) is 1.00. The summed E-state index contributed by atoms with van der Waals surface area (Å²) >= 11 is 0. The summed E-state index contributed by atoms with van der Waals surface area (Å²) in [4.78, 5) is 0. The van der Waals surface area contributed by atoms with Crippen LogP contribution in [0.3, 0.4) is 0 Å². The molecule has 0 aromatic carbocycles. The maximum Gasteiger partial charge on any atom is 0.411 e. The Hall–Kier alpha value is -0.330. The van der Waals surface area contributed by atoms with Crippen molar-refractivity contribution in [2.75, 3.05) is 39.5 Å². The van der Waals surface area contributed by atoms with E-state index in [1.54, 1.807) is 0 Å². The summed E-state index contributed by atoms with van der Waals surface area (Å²) in [6.45, 7) is 4.09. The summed E-state index contributed by atoms with van der Waals surface area (Å²) in [5.41, 5.74) is 0.0276. The van der Waals surface area contributed by atoms with Crippen molar-refractivity contribution < 1.29 is 22.6 Å². The molecule has 0 aliphatic carbocycles. The van der Waals surface area contributed by atoms with E-state index < -0.39 is 12.8 Å². The molecule has 108 valence electrons. The van der Waals surface area contributed by atoms with E-state index in [0.717, 1.165) is 25.9 Å². The van der Waals surface area contributed by atoms with Crippen molar-refractivity contribution in [2.45, 2.75) is 32.4 Å². The zero-order chi connectivity index (χ0) is 13.5. The van der Waals surface area contributed by atoms with Gasteiger partial charge in [-0.05, 0) is 31.2 Å². The van der Waals surface area contributed by atoms with E-state index in [1.807, 2.05) is 6.92 Å². The lowest BCUT2D eigenvalue weighted by Gasteiger charge is -2.37. The fourth-order valence-corrected chi connectivity index (χ4v) is 2.19. The summed E-state index contributed by atoms with van der Waals surface area (Å²) in [5.74, 6) is 0. The highest BCUT2D eigenvalue weighted by Crippen LogP contribution is 2.33. The van der Waals surface area contributed by atoms with Crippen LogP contribution in [0.2, 0.25) is 0 Å². The molecule has 18 heavy (non-hydrogen) atoms. The minimum absolute atomic E-state index is 0.0276. The van der Waals surface area contributed by atoms with E-state index in [2.05, 4.69) is 5.32 Å². The Morgan fingerprint density at radius 3 is 2.50 bits per heavy atom. The largest absolute Gasteiger partial charge is 0.411 e. The highest BCUT2D eigenvalue weighted by Gasteiger charge is 2.33. The van der Waals surface area contributed by atoms with Gasteiger partial charge in [-0.1, -0.05) is 6.92 Å². The minimum atomic E-state index is -4.23. The molecule has 1 N–H and O–H groups in total. The van der Waals surface area contributed by atoms with Gasteiger partial charge in [-0.3, -0.25) is 0 Å². The molecule has 6 heteroatoms. The van der Waals surface area contributed by atoms with Crippen molar-refractivity contribution in [3.63, 3.8) is 0 Å². The molecule has 0 amide bonds. The second kappa shape index (κ2) is 7.31. The van der Waals surface area contributed by atoms with Gasteiger partial charge in [0.25, 0.3) is 0 Å². The number of halogens is 3. The monoisotopic (exact) mass is 269 g/mol. The Labute approximate surface area is 106 Å². The van der Waals surface area contributed by atoms with Gasteiger partial charge in [-0.15, -0.1) is 0 Å². The summed E-state index contributed by atoms with van der Waals surface area (Å²) < 4.78 is 45.9. The van der Waals surface area contributed by atoms with Gasteiger partial charge in [0.2, 0.25) is 0 Å². The van der Waals surface area contributed by atoms with Crippen molar-refractivity contribution in [1.82, 2.24) is 5.32 Å². The van der Waals surface area contributed by atoms with Crippen molar-refractivity contribution in [3.8, 4) is 0 Å². The Balaban J connectivity index is 2.32. The molecule has 1 saturated heterocycles. The number of alkyl halides is 3. The number of hydrogen-bond donors (Lipinski definition) is 1. The molecule has 0 unspecified atom stereocenters. The average Bonchev–Trinajstić information content (AvgIpc) is 2.33. The van der Waals surface area contributed by atoms with Crippen LogP contribution in [-0.2, 0) is 9.47 Å². The van der Waals surface area contributed by atoms with Crippen LogP contribution in [-0.4, -0.2) is 45.7 Å². The van der Waals surface area contributed by atoms with Gasteiger partial charge in [-0.25, -0.2) is 0 Å². The van der Waals surface area contributed by atoms with E-state index in [0.29, 0.717) is 19.6 Å². The predicted octanol–water partition coefficient (Wildman–Crippen LogP) is 2.36. The summed E-state index contributed by atoms with van der Waals surface area (Å²) in [5, 5.41) is 3.28. The van der Waals surface area contributed by atoms with Crippen LogP contribution in [0.25, 0.3) is 0 Å². The van der Waals surface area contributed by atoms with Gasteiger partial charge in [0.1, 0.15) is 6.61 Å². The molecule has 3 nitrogen and oxygen atoms in total. The molecule has 0 spiro atoms. The molecule has 1 fully saturated rings. The van der Waals surface area contributed by atoms with E-state index in [4.69, 9.17) is 9.47 Å². The van der Waals surface area contributed by atoms with Crippen LogP contribution in [0.4, 0.5) is 13.2 Å². The lowest BCUT2D eigenvalue weighted by atomic mass is 9.77. The first-order valence-electron chi connectivity index (χ1n) is 6.40. The Kier molecular flexibility index (Phi) is 6.38. The first kappa shape index (κ1) is 15.7. The maximum absolute atomic E-state index is 12.0. The maximum atomic E-state index is 12.0. The molecule has 0 radical (unpaired) electrons. The molecule has 1 aliphatic rings. The lowest BCUT2D eigenvalue weighted by Crippen LogP contribution is -2.40. The van der Waals surface area contributed by atoms with Crippen LogP contribution < -0.4 is 5.32 Å². The van der Waals surface area contributed by atoms with Gasteiger partial charge < -0.3 is 14.8 Å². The first-order valence-corrected chi connectivity index (χ1v) is 6.40. The lowest BCUT2D eigenvalue weighted by molar-refractivity contribution is -0.176. The minimum Gasteiger partial charge on any atom is -0.381 e. The van der Waals surface area contributed by atoms with E-state index >= 15 is 0 Å². The van der Waals surface area contributed by atoms with Gasteiger partial charge in [0.05, 0.1) is 0 Å². The summed E-state index contributed by atoms with van der Waals surface area (Å²) in [6.07, 6.45) is -1.81. The Morgan fingerprint density at radius 1 is 1.28 bits per heavy atom. The number of rotatable bonds is 7. The van der Waals surface area contributed by atoms with E-state index in [1.165, 1.54) is 0 Å². The van der Waals surface area contributed by atoms with Crippen molar-refractivity contribution >= 4 is 0 Å². The molecular weight excluding hydrogens is 247 g/mol. The van der Waals surface area contributed by atoms with Crippen molar-refractivity contribution in [3.05, 3.63) is 0 Å². The van der Waals surface area contributed by atoms with Gasteiger partial charge in [0.15, 0.2) is 0 Å². The Bertz CT molecular complexity index is 228. The van der Waals surface area contributed by atoms with Crippen LogP contribution in [0.15, 0.2) is 0 Å². The fourth-order valence-electron chi connectivity index (χ4n) is 2.19. The molecule has 0 aromatic rings. The van der Waals surface area contributed by atoms with Crippen LogP contribution in [0, 0.1) is 5.41 Å². The summed E-state index contributed by atoms with van der Waals surface area (Å²) in [6, 6.07) is 0. The van der Waals surface area contributed by atoms with Crippen LogP contribution in [0.1, 0.15) is 26.2 Å². The van der Waals surface area contributed by atoms with E-state index in [-0.39, 0.29) is 12.0 Å². The third-order valence-corrected chi connectivity index (χ3v) is 3.35. The number of ether oxygens (including phenoxy) is 2. The van der Waals surface area contributed by atoms with Gasteiger partial charge >= 0.3 is 6.18 Å². The molecule has 0 bridgehead atoms. The smallest absolute Gasteiger partial charge is 0.381 e. The zero-order valence-corrected chi connectivity index (χ0v) is 10.8. The third kappa shape index (κ3) is 6.02. The van der Waals surface area contributed by atoms with Gasteiger partial charge in [-0.2, -0.15) is 13.2 Å². The Morgan fingerprint density at radius 2 is 1.94 bits per heavy atom. The second-order valence-corrected chi connectivity index (χ2v) is 4.81. The molecule has 1 rings (SSSR count). The van der Waals surface area contributed by atoms with Crippen LogP contribution >= 0.6 is 0 Å². The normalized spacial score (nSPS) is 20.0. The van der Waals surface area contributed by atoms with Gasteiger partial charge in [0, 0.05) is 26.4 Å². The zero-order valence-electron chi connectivity index (χ0n) is 10.8. The molecule has 0 aromatic heterocycles. The number of nitrogens with one attached hydrogen (secondary N) is 1. The highest BCUT2D eigenvalue weighted by molar-refractivity contribution is 4.84. The third-order valence-electron chi connectivity index (χ3n) is 3.35. The van der Waals surface area contributed by atoms with E-state index in [9.17, 15) is 13.2 Å². The summed E-state index contributed by atoms with van der Waals surface area (Å²) in [7, 11) is 0. The molecule has 0 atom stereocenters.